The van der Waals surface area contributed by atoms with Gasteiger partial charge in [0, 0.05) is 31.8 Å². The highest BCUT2D eigenvalue weighted by Crippen LogP contribution is 2.26. The Labute approximate surface area is 125 Å². The second-order valence-corrected chi connectivity index (χ2v) is 5.22. The first kappa shape index (κ1) is 16.9. The van der Waals surface area contributed by atoms with Crippen LogP contribution in [0.25, 0.3) is 0 Å². The molecule has 0 saturated heterocycles. The van der Waals surface area contributed by atoms with E-state index < -0.39 is 4.92 Å². The van der Waals surface area contributed by atoms with E-state index in [2.05, 4.69) is 19.2 Å². The Bertz CT molecular complexity index is 517. The lowest BCUT2D eigenvalue weighted by Crippen LogP contribution is -2.30. The maximum absolute atomic E-state index is 12.3. The zero-order valence-electron chi connectivity index (χ0n) is 13.0. The Morgan fingerprint density at radius 1 is 1.43 bits per heavy atom. The molecular formula is C15H23N3O3. The largest absolute Gasteiger partial charge is 0.380 e. The van der Waals surface area contributed by atoms with Crippen molar-refractivity contribution in [3.8, 4) is 0 Å². The predicted octanol–water partition coefficient (Wildman–Crippen LogP) is 3.14. The highest BCUT2D eigenvalue weighted by Gasteiger charge is 2.19. The molecule has 0 aliphatic rings. The Balaban J connectivity index is 3.00. The molecule has 1 rings (SSSR count). The quantitative estimate of drug-likeness (QED) is 0.619. The molecule has 6 heteroatoms. The fraction of sp³-hybridized carbons (Fsp3) is 0.533. The maximum atomic E-state index is 12.3. The molecule has 0 radical (unpaired) electrons. The van der Waals surface area contributed by atoms with Gasteiger partial charge in [-0.25, -0.2) is 0 Å². The van der Waals surface area contributed by atoms with E-state index in [4.69, 9.17) is 0 Å². The van der Waals surface area contributed by atoms with Gasteiger partial charge in [0.2, 0.25) is 0 Å². The Kier molecular flexibility index (Phi) is 6.14. The van der Waals surface area contributed by atoms with Crippen molar-refractivity contribution >= 4 is 17.3 Å². The Morgan fingerprint density at radius 2 is 2.10 bits per heavy atom. The van der Waals surface area contributed by atoms with Crippen molar-refractivity contribution in [2.45, 2.75) is 27.2 Å². The summed E-state index contributed by atoms with van der Waals surface area (Å²) in [7, 11) is 1.72. The summed E-state index contributed by atoms with van der Waals surface area (Å²) >= 11 is 0. The molecule has 0 spiro atoms. The van der Waals surface area contributed by atoms with E-state index in [0.29, 0.717) is 30.3 Å². The molecule has 1 unspecified atom stereocenters. The number of hydrogen-bond acceptors (Lipinski definition) is 4. The van der Waals surface area contributed by atoms with Gasteiger partial charge in [0.25, 0.3) is 11.6 Å². The normalized spacial score (nSPS) is 11.8. The van der Waals surface area contributed by atoms with Crippen molar-refractivity contribution < 1.29 is 9.72 Å². The van der Waals surface area contributed by atoms with Crippen LogP contribution in [0.5, 0.6) is 0 Å². The summed E-state index contributed by atoms with van der Waals surface area (Å²) < 4.78 is 0. The summed E-state index contributed by atoms with van der Waals surface area (Å²) in [5.41, 5.74) is 0.706. The number of rotatable bonds is 7. The Hall–Kier alpha value is -2.11. The summed E-state index contributed by atoms with van der Waals surface area (Å²) in [5.74, 6) is 0.205. The third-order valence-electron chi connectivity index (χ3n) is 3.44. The van der Waals surface area contributed by atoms with Crippen molar-refractivity contribution in [3.05, 3.63) is 33.9 Å². The van der Waals surface area contributed by atoms with E-state index in [1.807, 2.05) is 6.92 Å². The topological polar surface area (TPSA) is 75.5 Å². The van der Waals surface area contributed by atoms with Crippen LogP contribution in [0.3, 0.4) is 0 Å². The molecule has 1 aromatic rings. The molecule has 0 aliphatic heterocycles. The van der Waals surface area contributed by atoms with Gasteiger partial charge in [-0.3, -0.25) is 14.9 Å². The number of amides is 1. The van der Waals surface area contributed by atoms with Gasteiger partial charge in [-0.1, -0.05) is 20.3 Å². The van der Waals surface area contributed by atoms with Crippen LogP contribution < -0.4 is 5.32 Å². The fourth-order valence-electron chi connectivity index (χ4n) is 2.06. The number of benzene rings is 1. The number of anilines is 1. The summed E-state index contributed by atoms with van der Waals surface area (Å²) in [4.78, 5) is 24.6. The van der Waals surface area contributed by atoms with Gasteiger partial charge in [0.15, 0.2) is 0 Å². The van der Waals surface area contributed by atoms with Gasteiger partial charge >= 0.3 is 0 Å². The first-order valence-corrected chi connectivity index (χ1v) is 7.18. The van der Waals surface area contributed by atoms with Crippen LogP contribution in [-0.2, 0) is 0 Å². The molecule has 0 aromatic heterocycles. The zero-order chi connectivity index (χ0) is 16.0. The number of nitro groups is 1. The van der Waals surface area contributed by atoms with E-state index >= 15 is 0 Å². The van der Waals surface area contributed by atoms with Crippen LogP contribution in [0, 0.1) is 16.0 Å². The average molecular weight is 293 g/mol. The van der Waals surface area contributed by atoms with Crippen LogP contribution >= 0.6 is 0 Å². The molecule has 1 aromatic carbocycles. The van der Waals surface area contributed by atoms with Crippen molar-refractivity contribution in [1.82, 2.24) is 4.90 Å². The molecule has 0 heterocycles. The number of hydrogen-bond donors (Lipinski definition) is 1. The lowest BCUT2D eigenvalue weighted by Gasteiger charge is -2.21. The molecule has 21 heavy (non-hydrogen) atoms. The molecule has 0 saturated carbocycles. The smallest absolute Gasteiger partial charge is 0.293 e. The van der Waals surface area contributed by atoms with Gasteiger partial charge in [0.1, 0.15) is 5.69 Å². The Morgan fingerprint density at radius 3 is 2.62 bits per heavy atom. The van der Waals surface area contributed by atoms with E-state index in [1.165, 1.54) is 6.07 Å². The van der Waals surface area contributed by atoms with Gasteiger partial charge in [-0.15, -0.1) is 0 Å². The van der Waals surface area contributed by atoms with Gasteiger partial charge < -0.3 is 10.2 Å². The van der Waals surface area contributed by atoms with Crippen molar-refractivity contribution in [3.63, 3.8) is 0 Å². The van der Waals surface area contributed by atoms with Crippen LogP contribution in [0.2, 0.25) is 0 Å². The molecule has 1 atom stereocenters. The number of nitrogens with zero attached hydrogens (tertiary/aromatic N) is 2. The monoisotopic (exact) mass is 293 g/mol. The third kappa shape index (κ3) is 4.44. The third-order valence-corrected chi connectivity index (χ3v) is 3.44. The predicted molar refractivity (Wildman–Crippen MR) is 83.7 cm³/mol. The van der Waals surface area contributed by atoms with Gasteiger partial charge in [0.05, 0.1) is 4.92 Å². The second kappa shape index (κ2) is 7.61. The highest BCUT2D eigenvalue weighted by molar-refractivity contribution is 5.95. The number of nitrogens with one attached hydrogen (secondary N) is 1. The minimum Gasteiger partial charge on any atom is -0.380 e. The number of nitro benzene ring substituents is 1. The molecule has 116 valence electrons. The number of carbonyl (C=O) groups is 1. The number of carbonyl (C=O) groups excluding carboxylic acids is 1. The van der Waals surface area contributed by atoms with Crippen LogP contribution in [-0.4, -0.2) is 35.9 Å². The van der Waals surface area contributed by atoms with Crippen molar-refractivity contribution in [2.24, 2.45) is 5.92 Å². The molecular weight excluding hydrogens is 270 g/mol. The summed E-state index contributed by atoms with van der Waals surface area (Å²) in [6, 6.07) is 4.56. The first-order chi connectivity index (χ1) is 9.90. The molecule has 1 amide bonds. The minimum atomic E-state index is -0.469. The molecule has 0 fully saturated rings. The van der Waals surface area contributed by atoms with E-state index in [-0.39, 0.29) is 11.6 Å². The first-order valence-electron chi connectivity index (χ1n) is 7.18. The van der Waals surface area contributed by atoms with Crippen LogP contribution in [0.1, 0.15) is 37.6 Å². The van der Waals surface area contributed by atoms with E-state index in [0.717, 1.165) is 6.42 Å². The second-order valence-electron chi connectivity index (χ2n) is 5.22. The van der Waals surface area contributed by atoms with Gasteiger partial charge in [-0.2, -0.15) is 0 Å². The summed E-state index contributed by atoms with van der Waals surface area (Å²) in [6.45, 7) is 7.22. The maximum Gasteiger partial charge on any atom is 0.293 e. The van der Waals surface area contributed by atoms with Crippen LogP contribution in [0.15, 0.2) is 18.2 Å². The fourth-order valence-corrected chi connectivity index (χ4v) is 2.06. The lowest BCUT2D eigenvalue weighted by atomic mass is 10.1. The van der Waals surface area contributed by atoms with Crippen molar-refractivity contribution in [2.75, 3.05) is 25.5 Å². The summed E-state index contributed by atoms with van der Waals surface area (Å²) in [6.07, 6.45) is 0.983. The lowest BCUT2D eigenvalue weighted by molar-refractivity contribution is -0.384. The SMILES string of the molecule is CCNc1ccc(C(=O)N(C)CC(C)CC)cc1[N+](=O)[O-]. The van der Waals surface area contributed by atoms with Gasteiger partial charge in [-0.05, 0) is 25.0 Å². The molecule has 0 bridgehead atoms. The molecule has 0 aliphatic carbocycles. The van der Waals surface area contributed by atoms with Crippen LogP contribution in [0.4, 0.5) is 11.4 Å². The summed E-state index contributed by atoms with van der Waals surface area (Å²) in [5, 5.41) is 14.0. The average Bonchev–Trinajstić information content (AvgIpc) is 2.46. The standard InChI is InChI=1S/C15H23N3O3/c1-5-11(3)10-17(4)15(19)12-7-8-13(16-6-2)14(9-12)18(20)21/h7-9,11,16H,5-6,10H2,1-4H3. The highest BCUT2D eigenvalue weighted by atomic mass is 16.6. The zero-order valence-corrected chi connectivity index (χ0v) is 13.0. The minimum absolute atomic E-state index is 0.0698. The van der Waals surface area contributed by atoms with E-state index in [9.17, 15) is 14.9 Å². The molecule has 6 nitrogen and oxygen atoms in total. The molecule has 1 N–H and O–H groups in total. The van der Waals surface area contributed by atoms with Crippen molar-refractivity contribution in [1.29, 1.82) is 0 Å². The van der Waals surface area contributed by atoms with E-state index in [1.54, 1.807) is 24.1 Å².